The van der Waals surface area contributed by atoms with Crippen LogP contribution in [0, 0.1) is 20.8 Å². The van der Waals surface area contributed by atoms with Crippen molar-refractivity contribution in [2.75, 3.05) is 18.4 Å². The fourth-order valence-corrected chi connectivity index (χ4v) is 8.14. The van der Waals surface area contributed by atoms with Crippen LogP contribution in [0.3, 0.4) is 0 Å². The van der Waals surface area contributed by atoms with Crippen LogP contribution in [0.2, 0.25) is 5.02 Å². The molecule has 0 bridgehead atoms. The predicted molar refractivity (Wildman–Crippen MR) is 203 cm³/mol. The zero-order valence-corrected chi connectivity index (χ0v) is 31.2. The lowest BCUT2D eigenvalue weighted by Gasteiger charge is -2.21. The van der Waals surface area contributed by atoms with Gasteiger partial charge in [0.25, 0.3) is 11.5 Å². The Balaban J connectivity index is 0.936. The molecule has 2 aliphatic rings. The molecule has 1 fully saturated rings. The standard InChI is InChI=1S/C37H39ClN10O4S/c1-20-21(2)53-37-31(20)33(23-11-13-24(38)14-12-23)41-27(34-45-43-22(3)47(34)37)19-30(50)40-18-7-5-4-6-17-39-25-9-8-10-26-32(25)36(52)48(46-44-26)28-15-16-29(49)42-35(28)51/h8-14,27-28,39H,4-7,15-19H2,1-3H3,(H,40,50)(H,42,49,51). The van der Waals surface area contributed by atoms with E-state index in [0.717, 1.165) is 63.6 Å². The first-order chi connectivity index (χ1) is 25.6. The first kappa shape index (κ1) is 36.1. The van der Waals surface area contributed by atoms with Gasteiger partial charge in [0.1, 0.15) is 28.4 Å². The number of fused-ring (bicyclic) bond motifs is 4. The number of unbranched alkanes of at least 4 members (excludes halogenated alkanes) is 3. The first-order valence-electron chi connectivity index (χ1n) is 17.7. The van der Waals surface area contributed by atoms with E-state index in [9.17, 15) is 19.2 Å². The fraction of sp³-hybridized carbons (Fsp3) is 0.378. The molecule has 1 saturated heterocycles. The number of benzene rings is 2. The number of halogens is 1. The number of aryl methyl sites for hydroxylation is 2. The van der Waals surface area contributed by atoms with Crippen LogP contribution in [0.1, 0.15) is 90.2 Å². The highest BCUT2D eigenvalue weighted by molar-refractivity contribution is 7.15. The van der Waals surface area contributed by atoms with Crippen molar-refractivity contribution in [1.29, 1.82) is 0 Å². The van der Waals surface area contributed by atoms with Crippen LogP contribution < -0.4 is 21.5 Å². The van der Waals surface area contributed by atoms with E-state index in [1.165, 1.54) is 4.88 Å². The number of aliphatic imine (C=N–C) groups is 1. The second-order valence-corrected chi connectivity index (χ2v) is 14.9. The average molecular weight is 755 g/mol. The van der Waals surface area contributed by atoms with E-state index >= 15 is 0 Å². The monoisotopic (exact) mass is 754 g/mol. The van der Waals surface area contributed by atoms with E-state index in [2.05, 4.69) is 50.3 Å². The fourth-order valence-electron chi connectivity index (χ4n) is 6.80. The largest absolute Gasteiger partial charge is 0.384 e. The Morgan fingerprint density at radius 1 is 0.981 bits per heavy atom. The topological polar surface area (TPSA) is 178 Å². The normalized spacial score (nSPS) is 16.8. The summed E-state index contributed by atoms with van der Waals surface area (Å²) in [6.07, 6.45) is 3.92. The molecule has 2 aliphatic heterocycles. The Morgan fingerprint density at radius 3 is 2.53 bits per heavy atom. The molecular formula is C37H39ClN10O4S. The lowest BCUT2D eigenvalue weighted by atomic mass is 9.99. The first-order valence-corrected chi connectivity index (χ1v) is 18.9. The maximum absolute atomic E-state index is 13.4. The summed E-state index contributed by atoms with van der Waals surface area (Å²) in [6, 6.07) is 11.5. The summed E-state index contributed by atoms with van der Waals surface area (Å²) < 4.78 is 3.11. The van der Waals surface area contributed by atoms with Crippen LogP contribution in [0.5, 0.6) is 0 Å². The second-order valence-electron chi connectivity index (χ2n) is 13.3. The van der Waals surface area contributed by atoms with Gasteiger partial charge in [-0.25, -0.2) is 0 Å². The molecule has 0 aliphatic carbocycles. The molecule has 2 aromatic carbocycles. The molecule has 16 heteroatoms. The van der Waals surface area contributed by atoms with Crippen molar-refractivity contribution in [1.82, 2.24) is 40.4 Å². The molecule has 5 heterocycles. The maximum atomic E-state index is 13.4. The van der Waals surface area contributed by atoms with Gasteiger partial charge in [0, 0.05) is 46.2 Å². The van der Waals surface area contributed by atoms with Gasteiger partial charge < -0.3 is 10.6 Å². The average Bonchev–Trinajstić information content (AvgIpc) is 3.61. The number of hydrogen-bond acceptors (Lipinski definition) is 11. The van der Waals surface area contributed by atoms with Crippen LogP contribution >= 0.6 is 22.9 Å². The molecule has 53 heavy (non-hydrogen) atoms. The zero-order valence-electron chi connectivity index (χ0n) is 29.6. The Bertz CT molecular complexity index is 2310. The lowest BCUT2D eigenvalue weighted by Crippen LogP contribution is -2.45. The molecule has 0 spiro atoms. The van der Waals surface area contributed by atoms with Crippen molar-refractivity contribution in [3.8, 4) is 5.00 Å². The Morgan fingerprint density at radius 2 is 1.75 bits per heavy atom. The van der Waals surface area contributed by atoms with Crippen LogP contribution in [0.15, 0.2) is 52.3 Å². The summed E-state index contributed by atoms with van der Waals surface area (Å²) in [5.41, 5.74) is 4.50. The van der Waals surface area contributed by atoms with Crippen molar-refractivity contribution in [2.24, 2.45) is 4.99 Å². The van der Waals surface area contributed by atoms with E-state index in [4.69, 9.17) is 16.6 Å². The van der Waals surface area contributed by atoms with Gasteiger partial charge in [0.15, 0.2) is 5.82 Å². The van der Waals surface area contributed by atoms with Gasteiger partial charge in [-0.3, -0.25) is 34.1 Å². The number of hydrogen-bond donors (Lipinski definition) is 3. The summed E-state index contributed by atoms with van der Waals surface area (Å²) in [6.45, 7) is 7.26. The molecule has 0 saturated carbocycles. The third-order valence-corrected chi connectivity index (χ3v) is 11.1. The summed E-state index contributed by atoms with van der Waals surface area (Å²) in [7, 11) is 0. The Hall–Kier alpha value is -5.28. The van der Waals surface area contributed by atoms with Crippen LogP contribution in [0.25, 0.3) is 15.9 Å². The summed E-state index contributed by atoms with van der Waals surface area (Å²) in [5, 5.41) is 27.7. The minimum absolute atomic E-state index is 0.108. The van der Waals surface area contributed by atoms with E-state index in [1.807, 2.05) is 35.8 Å². The number of anilines is 1. The number of carbonyl (C=O) groups is 3. The third-order valence-electron chi connectivity index (χ3n) is 9.70. The van der Waals surface area contributed by atoms with Crippen molar-refractivity contribution in [3.63, 3.8) is 0 Å². The summed E-state index contributed by atoms with van der Waals surface area (Å²) in [4.78, 5) is 57.0. The predicted octanol–water partition coefficient (Wildman–Crippen LogP) is 5.06. The van der Waals surface area contributed by atoms with E-state index in [-0.39, 0.29) is 31.1 Å². The van der Waals surface area contributed by atoms with E-state index < -0.39 is 23.6 Å². The molecule has 3 amide bonds. The molecule has 5 aromatic rings. The molecule has 3 N–H and O–H groups in total. The third kappa shape index (κ3) is 7.35. The Labute approximate surface area is 314 Å². The maximum Gasteiger partial charge on any atom is 0.280 e. The minimum Gasteiger partial charge on any atom is -0.384 e. The van der Waals surface area contributed by atoms with Gasteiger partial charge in [0.2, 0.25) is 11.8 Å². The number of amides is 3. The number of rotatable bonds is 12. The minimum atomic E-state index is -0.885. The molecule has 3 aromatic heterocycles. The highest BCUT2D eigenvalue weighted by Gasteiger charge is 2.33. The van der Waals surface area contributed by atoms with E-state index in [0.29, 0.717) is 40.5 Å². The van der Waals surface area contributed by atoms with Crippen molar-refractivity contribution in [2.45, 2.75) is 77.8 Å². The van der Waals surface area contributed by atoms with Gasteiger partial charge in [-0.2, -0.15) is 4.68 Å². The number of nitrogens with one attached hydrogen (secondary N) is 3. The van der Waals surface area contributed by atoms with E-state index in [1.54, 1.807) is 29.5 Å². The number of piperidine rings is 1. The SMILES string of the molecule is Cc1sc2c(c1C)C(c1ccc(Cl)cc1)=NC(CC(=O)NCCCCCCNc1cccc3nnn(C4CCC(=O)NC4=O)c(=O)c13)c1nnc(C)n1-2. The van der Waals surface area contributed by atoms with Gasteiger partial charge in [-0.1, -0.05) is 47.9 Å². The highest BCUT2D eigenvalue weighted by atomic mass is 35.5. The Kier molecular flexibility index (Phi) is 10.5. The smallest absolute Gasteiger partial charge is 0.280 e. The molecule has 0 radical (unpaired) electrons. The number of nitrogens with zero attached hydrogens (tertiary/aromatic N) is 7. The van der Waals surface area contributed by atoms with Crippen molar-refractivity contribution in [3.05, 3.63) is 91.1 Å². The molecule has 2 unspecified atom stereocenters. The molecule has 14 nitrogen and oxygen atoms in total. The van der Waals surface area contributed by atoms with Gasteiger partial charge in [-0.15, -0.1) is 26.6 Å². The van der Waals surface area contributed by atoms with Gasteiger partial charge in [0.05, 0.1) is 17.5 Å². The number of imide groups is 1. The molecule has 7 rings (SSSR count). The summed E-state index contributed by atoms with van der Waals surface area (Å²) >= 11 is 7.90. The number of aromatic nitrogens is 6. The van der Waals surface area contributed by atoms with Crippen molar-refractivity contribution >= 4 is 63.0 Å². The van der Waals surface area contributed by atoms with Gasteiger partial charge >= 0.3 is 0 Å². The van der Waals surface area contributed by atoms with Gasteiger partial charge in [-0.05, 0) is 69.9 Å². The molecule has 2 atom stereocenters. The second kappa shape index (κ2) is 15.4. The molecule has 274 valence electrons. The lowest BCUT2D eigenvalue weighted by molar-refractivity contribution is -0.136. The number of carbonyl (C=O) groups excluding carboxylic acids is 3. The zero-order chi connectivity index (χ0) is 37.2. The van der Waals surface area contributed by atoms with Crippen LogP contribution in [0.4, 0.5) is 5.69 Å². The highest BCUT2D eigenvalue weighted by Crippen LogP contribution is 2.39. The van der Waals surface area contributed by atoms with Crippen molar-refractivity contribution < 1.29 is 14.4 Å². The molecular weight excluding hydrogens is 716 g/mol. The summed E-state index contributed by atoms with van der Waals surface area (Å²) in [5.74, 6) is 0.360. The van der Waals surface area contributed by atoms with Crippen LogP contribution in [-0.2, 0) is 14.4 Å². The van der Waals surface area contributed by atoms with Crippen LogP contribution in [-0.4, -0.2) is 66.3 Å². The number of thiophene rings is 1. The quantitative estimate of drug-likeness (QED) is 0.116.